The summed E-state index contributed by atoms with van der Waals surface area (Å²) in [5.74, 6) is 1.46. The smallest absolute Gasteiger partial charge is 0.407 e. The van der Waals surface area contributed by atoms with E-state index < -0.39 is 29.6 Å². The number of nitrogens with one attached hydrogen (secondary N) is 2. The van der Waals surface area contributed by atoms with E-state index in [0.717, 1.165) is 114 Å². The van der Waals surface area contributed by atoms with Crippen LogP contribution in [0.15, 0.2) is 54.6 Å². The summed E-state index contributed by atoms with van der Waals surface area (Å²) in [6.45, 7) is 12.4. The number of nitrogens with two attached hydrogens (primary N) is 1. The molecule has 1 atom stereocenters. The van der Waals surface area contributed by atoms with Gasteiger partial charge in [-0.2, -0.15) is 0 Å². The van der Waals surface area contributed by atoms with Crippen LogP contribution in [0.5, 0.6) is 0 Å². The number of aryl methyl sites for hydroxylation is 1. The number of nitrogen functional groups attached to an aromatic ring is 1. The Kier molecular flexibility index (Phi) is 16.5. The Balaban J connectivity index is 0.780. The van der Waals surface area contributed by atoms with Gasteiger partial charge in [0.1, 0.15) is 29.6 Å². The first kappa shape index (κ1) is 49.8. The van der Waals surface area contributed by atoms with E-state index in [9.17, 15) is 19.2 Å². The number of unbranched alkanes of at least 4 members (excludes halogenated alkanes) is 1. The van der Waals surface area contributed by atoms with Crippen molar-refractivity contribution in [3.8, 4) is 11.1 Å². The van der Waals surface area contributed by atoms with Crippen LogP contribution in [0.2, 0.25) is 0 Å². The van der Waals surface area contributed by atoms with E-state index in [1.165, 1.54) is 4.88 Å². The number of fused-ring (bicyclic) bond motifs is 6. The summed E-state index contributed by atoms with van der Waals surface area (Å²) in [4.78, 5) is 65.6. The van der Waals surface area contributed by atoms with Crippen molar-refractivity contribution in [3.05, 3.63) is 76.4 Å². The van der Waals surface area contributed by atoms with Gasteiger partial charge in [0.25, 0.3) is 0 Å². The third kappa shape index (κ3) is 12.4. The van der Waals surface area contributed by atoms with Crippen molar-refractivity contribution < 1.29 is 38.1 Å². The standard InChI is InChI=1S/C53H69N7O8S/c1-5-6-16-44-58-47-48(60(44)32-34-21-28-66-29-22-34)49-42(56-50(47)54)31-43(69-49)35-19-25-59(26-20-35)45(61)23-30-65-27-11-24-55-51(63)41(17-18-46(62)68-53(2,3)4)57-52(64)67-33-40-38-14-9-7-12-36(38)37-13-8-10-15-39(37)40/h7-10,12-15,31,34-35,40-41H,5-6,11,16-30,32-33H2,1-4H3,(H2,54,56)(H,55,63)(H,57,64)/t41-/m0/s1. The molecule has 2 saturated heterocycles. The predicted molar refractivity (Wildman–Crippen MR) is 268 cm³/mol. The van der Waals surface area contributed by atoms with Crippen molar-refractivity contribution >= 4 is 62.3 Å². The minimum absolute atomic E-state index is 0.0320. The van der Waals surface area contributed by atoms with Crippen molar-refractivity contribution in [1.82, 2.24) is 30.1 Å². The average Bonchev–Trinajstić information content (AvgIpc) is 4.03. The zero-order valence-electron chi connectivity index (χ0n) is 40.7. The molecule has 370 valence electrons. The van der Waals surface area contributed by atoms with Gasteiger partial charge in [0.05, 0.1) is 28.8 Å². The number of rotatable bonds is 20. The molecule has 0 bridgehead atoms. The maximum atomic E-state index is 13.4. The second-order valence-electron chi connectivity index (χ2n) is 19.7. The lowest BCUT2D eigenvalue weighted by molar-refractivity contribution is -0.155. The first-order chi connectivity index (χ1) is 33.4. The van der Waals surface area contributed by atoms with Crippen molar-refractivity contribution in [2.24, 2.45) is 5.92 Å². The number of hydrogen-bond acceptors (Lipinski definition) is 12. The van der Waals surface area contributed by atoms with E-state index in [0.29, 0.717) is 43.8 Å². The Morgan fingerprint density at radius 3 is 2.33 bits per heavy atom. The molecular formula is C53H69N7O8S. The minimum atomic E-state index is -1.03. The molecule has 3 aromatic heterocycles. The summed E-state index contributed by atoms with van der Waals surface area (Å²) in [6.07, 6.45) is 6.90. The molecule has 2 aliphatic heterocycles. The van der Waals surface area contributed by atoms with Gasteiger partial charge in [-0.3, -0.25) is 14.4 Å². The van der Waals surface area contributed by atoms with E-state index >= 15 is 0 Å². The normalized spacial score (nSPS) is 16.1. The molecule has 16 heteroatoms. The summed E-state index contributed by atoms with van der Waals surface area (Å²) in [5, 5.41) is 5.56. The van der Waals surface area contributed by atoms with Gasteiger partial charge in [0.2, 0.25) is 11.8 Å². The number of imidazole rings is 1. The topological polar surface area (TPSA) is 189 Å². The number of carbonyl (C=O) groups is 4. The number of alkyl carbamates (subject to hydrolysis) is 1. The molecule has 0 saturated carbocycles. The van der Waals surface area contributed by atoms with Gasteiger partial charge < -0.3 is 44.8 Å². The molecule has 3 aliphatic rings. The number of piperidine rings is 1. The molecule has 0 spiro atoms. The Labute approximate surface area is 409 Å². The van der Waals surface area contributed by atoms with Crippen LogP contribution in [0, 0.1) is 5.92 Å². The lowest BCUT2D eigenvalue weighted by Gasteiger charge is -2.31. The maximum Gasteiger partial charge on any atom is 0.407 e. The highest BCUT2D eigenvalue weighted by atomic mass is 32.1. The summed E-state index contributed by atoms with van der Waals surface area (Å²) in [6, 6.07) is 17.3. The Morgan fingerprint density at radius 1 is 0.928 bits per heavy atom. The molecule has 0 unspecified atom stereocenters. The molecule has 5 aromatic rings. The Bertz CT molecular complexity index is 2540. The molecule has 3 amide bonds. The minimum Gasteiger partial charge on any atom is -0.460 e. The van der Waals surface area contributed by atoms with Crippen molar-refractivity contribution in [3.63, 3.8) is 0 Å². The highest BCUT2D eigenvalue weighted by Crippen LogP contribution is 2.45. The lowest BCUT2D eigenvalue weighted by Crippen LogP contribution is -2.47. The number of nitrogens with zero attached hydrogens (tertiary/aromatic N) is 4. The Hall–Kier alpha value is -5.58. The number of esters is 1. The van der Waals surface area contributed by atoms with E-state index in [1.807, 2.05) is 41.3 Å². The van der Waals surface area contributed by atoms with Gasteiger partial charge in [-0.15, -0.1) is 11.3 Å². The largest absolute Gasteiger partial charge is 0.460 e. The number of pyridine rings is 1. The van der Waals surface area contributed by atoms with E-state index in [4.69, 9.17) is 34.6 Å². The summed E-state index contributed by atoms with van der Waals surface area (Å²) < 4.78 is 26.3. The van der Waals surface area contributed by atoms with Crippen LogP contribution in [0.1, 0.15) is 126 Å². The van der Waals surface area contributed by atoms with Gasteiger partial charge in [0, 0.05) is 69.6 Å². The molecule has 1 aliphatic carbocycles. The van der Waals surface area contributed by atoms with Crippen molar-refractivity contribution in [2.45, 2.75) is 128 Å². The van der Waals surface area contributed by atoms with Crippen LogP contribution in [0.25, 0.3) is 32.4 Å². The third-order valence-electron chi connectivity index (χ3n) is 13.5. The second kappa shape index (κ2) is 22.9. The quantitative estimate of drug-likeness (QED) is 0.0500. The molecule has 69 heavy (non-hydrogen) atoms. The van der Waals surface area contributed by atoms with Gasteiger partial charge in [-0.25, -0.2) is 14.8 Å². The molecule has 8 rings (SSSR count). The van der Waals surface area contributed by atoms with Crippen LogP contribution in [-0.2, 0) is 46.3 Å². The van der Waals surface area contributed by atoms with Crippen molar-refractivity contribution in [2.75, 3.05) is 58.4 Å². The number of carbonyl (C=O) groups excluding carboxylic acids is 4. The molecule has 2 aromatic carbocycles. The zero-order valence-corrected chi connectivity index (χ0v) is 41.5. The fraction of sp³-hybridized carbons (Fsp3) is 0.547. The van der Waals surface area contributed by atoms with Crippen LogP contribution >= 0.6 is 11.3 Å². The number of hydrogen-bond donors (Lipinski definition) is 3. The second-order valence-corrected chi connectivity index (χ2v) is 20.7. The van der Waals surface area contributed by atoms with Crippen LogP contribution in [0.3, 0.4) is 0 Å². The fourth-order valence-corrected chi connectivity index (χ4v) is 11.2. The van der Waals surface area contributed by atoms with Crippen LogP contribution in [-0.4, -0.2) is 108 Å². The molecule has 2 fully saturated rings. The highest BCUT2D eigenvalue weighted by Gasteiger charge is 2.31. The highest BCUT2D eigenvalue weighted by molar-refractivity contribution is 7.20. The number of likely N-dealkylation sites (tertiary alicyclic amines) is 1. The number of amides is 3. The predicted octanol–water partition coefficient (Wildman–Crippen LogP) is 8.65. The number of aromatic nitrogens is 3. The summed E-state index contributed by atoms with van der Waals surface area (Å²) in [5.41, 5.74) is 13.1. The zero-order chi connectivity index (χ0) is 48.5. The average molecular weight is 964 g/mol. The van der Waals surface area contributed by atoms with Gasteiger partial charge >= 0.3 is 12.1 Å². The third-order valence-corrected chi connectivity index (χ3v) is 14.8. The maximum absolute atomic E-state index is 13.4. The molecule has 5 heterocycles. The monoisotopic (exact) mass is 963 g/mol. The van der Waals surface area contributed by atoms with Crippen LogP contribution < -0.4 is 16.4 Å². The summed E-state index contributed by atoms with van der Waals surface area (Å²) >= 11 is 1.81. The van der Waals surface area contributed by atoms with Gasteiger partial charge in [-0.05, 0) is 106 Å². The molecule has 15 nitrogen and oxygen atoms in total. The Morgan fingerprint density at radius 2 is 1.64 bits per heavy atom. The molecule has 4 N–H and O–H groups in total. The van der Waals surface area contributed by atoms with E-state index in [-0.39, 0.29) is 50.8 Å². The SMILES string of the molecule is CCCCc1nc2c(N)nc3cc(C4CCN(C(=O)CCOCCCNC(=O)[C@H](CCC(=O)OC(C)(C)C)NC(=O)OCC5c6ccccc6-c6ccccc65)CC4)sc3c2n1CC1CCOCC1. The van der Waals surface area contributed by atoms with Crippen LogP contribution in [0.4, 0.5) is 10.6 Å². The number of ether oxygens (including phenoxy) is 4. The lowest BCUT2D eigenvalue weighted by atomic mass is 9.95. The summed E-state index contributed by atoms with van der Waals surface area (Å²) in [7, 11) is 0. The van der Waals surface area contributed by atoms with Crippen molar-refractivity contribution in [1.29, 1.82) is 0 Å². The van der Waals surface area contributed by atoms with E-state index in [1.54, 1.807) is 32.1 Å². The first-order valence-electron chi connectivity index (χ1n) is 25.0. The number of thiophene rings is 1. The van der Waals surface area contributed by atoms with E-state index in [2.05, 4.69) is 40.3 Å². The first-order valence-corrected chi connectivity index (χ1v) is 25.8. The van der Waals surface area contributed by atoms with Gasteiger partial charge in [0.15, 0.2) is 5.82 Å². The molecule has 0 radical (unpaired) electrons. The molecular weight excluding hydrogens is 895 g/mol. The fourth-order valence-electron chi connectivity index (χ4n) is 9.90. The number of anilines is 1. The van der Waals surface area contributed by atoms with Gasteiger partial charge in [-0.1, -0.05) is 61.9 Å². The number of benzene rings is 2.